The predicted octanol–water partition coefficient (Wildman–Crippen LogP) is 2.88. The minimum Gasteiger partial charge on any atom is -0.493 e. The summed E-state index contributed by atoms with van der Waals surface area (Å²) in [4.78, 5) is 27.9. The van der Waals surface area contributed by atoms with Gasteiger partial charge < -0.3 is 10.1 Å². The minimum absolute atomic E-state index is 0.252. The number of para-hydroxylation sites is 1. The van der Waals surface area contributed by atoms with Crippen LogP contribution in [0.2, 0.25) is 0 Å². The van der Waals surface area contributed by atoms with Crippen molar-refractivity contribution in [2.24, 2.45) is 5.92 Å². The smallest absolute Gasteiger partial charge is 0.322 e. The van der Waals surface area contributed by atoms with Crippen molar-refractivity contribution in [2.75, 3.05) is 25.4 Å². The van der Waals surface area contributed by atoms with Gasteiger partial charge in [0, 0.05) is 36.0 Å². The van der Waals surface area contributed by atoms with Gasteiger partial charge >= 0.3 is 6.03 Å². The highest BCUT2D eigenvalue weighted by molar-refractivity contribution is 7.97. The first-order valence-electron chi connectivity index (χ1n) is 9.93. The van der Waals surface area contributed by atoms with Crippen LogP contribution in [-0.4, -0.2) is 52.2 Å². The standard InChI is InChI=1S/C21H26N4O3S/c1-14-11-18(16-5-3-4-6-17(16)22-14)28-12-15-7-9-25(10-8-15)29-13-21(2)19(26)23-20(27)24-21/h3-6,11,15H,7-10,12-13H2,1-2H3,(H2,23,24,26,27). The number of imide groups is 1. The van der Waals surface area contributed by atoms with Gasteiger partial charge in [0.2, 0.25) is 0 Å². The molecule has 0 radical (unpaired) electrons. The van der Waals surface area contributed by atoms with E-state index >= 15 is 0 Å². The van der Waals surface area contributed by atoms with E-state index in [4.69, 9.17) is 4.74 Å². The maximum atomic E-state index is 11.9. The van der Waals surface area contributed by atoms with E-state index in [1.807, 2.05) is 31.2 Å². The Labute approximate surface area is 174 Å². The summed E-state index contributed by atoms with van der Waals surface area (Å²) in [6, 6.07) is 9.66. The molecule has 7 nitrogen and oxygen atoms in total. The lowest BCUT2D eigenvalue weighted by molar-refractivity contribution is -0.122. The zero-order valence-electron chi connectivity index (χ0n) is 16.7. The Balaban J connectivity index is 1.27. The van der Waals surface area contributed by atoms with E-state index in [1.165, 1.54) is 0 Å². The lowest BCUT2D eigenvalue weighted by atomic mass is 9.99. The van der Waals surface area contributed by atoms with Crippen molar-refractivity contribution in [1.29, 1.82) is 0 Å². The highest BCUT2D eigenvalue weighted by atomic mass is 32.2. The molecule has 2 aliphatic heterocycles. The number of ether oxygens (including phenoxy) is 1. The van der Waals surface area contributed by atoms with Crippen LogP contribution in [0.25, 0.3) is 10.9 Å². The molecule has 2 aliphatic rings. The fourth-order valence-corrected chi connectivity index (χ4v) is 4.82. The van der Waals surface area contributed by atoms with Crippen molar-refractivity contribution in [1.82, 2.24) is 19.9 Å². The van der Waals surface area contributed by atoms with Gasteiger partial charge in [0.25, 0.3) is 5.91 Å². The van der Waals surface area contributed by atoms with Gasteiger partial charge in [0.1, 0.15) is 11.3 Å². The van der Waals surface area contributed by atoms with Crippen LogP contribution < -0.4 is 15.4 Å². The summed E-state index contributed by atoms with van der Waals surface area (Å²) in [5.41, 5.74) is 1.09. The third kappa shape index (κ3) is 4.48. The molecule has 4 rings (SSSR count). The monoisotopic (exact) mass is 414 g/mol. The van der Waals surface area contributed by atoms with Crippen molar-refractivity contribution in [3.8, 4) is 5.75 Å². The largest absolute Gasteiger partial charge is 0.493 e. The van der Waals surface area contributed by atoms with E-state index in [9.17, 15) is 9.59 Å². The van der Waals surface area contributed by atoms with Crippen LogP contribution in [0.1, 0.15) is 25.5 Å². The summed E-state index contributed by atoms with van der Waals surface area (Å²) >= 11 is 1.63. The van der Waals surface area contributed by atoms with Gasteiger partial charge in [-0.25, -0.2) is 4.79 Å². The Hall–Kier alpha value is -2.32. The molecule has 0 aliphatic carbocycles. The Morgan fingerprint density at radius 1 is 1.28 bits per heavy atom. The van der Waals surface area contributed by atoms with Crippen LogP contribution in [0.5, 0.6) is 5.75 Å². The minimum atomic E-state index is -0.831. The van der Waals surface area contributed by atoms with Crippen LogP contribution in [-0.2, 0) is 4.79 Å². The quantitative estimate of drug-likeness (QED) is 0.559. The molecule has 2 N–H and O–H groups in total. The van der Waals surface area contributed by atoms with E-state index < -0.39 is 11.6 Å². The van der Waals surface area contributed by atoms with Crippen molar-refractivity contribution in [3.05, 3.63) is 36.0 Å². The van der Waals surface area contributed by atoms with E-state index in [-0.39, 0.29) is 5.91 Å². The van der Waals surface area contributed by atoms with E-state index in [0.29, 0.717) is 18.3 Å². The summed E-state index contributed by atoms with van der Waals surface area (Å²) < 4.78 is 8.48. The molecule has 1 aromatic heterocycles. The number of carbonyl (C=O) groups excluding carboxylic acids is 2. The first-order valence-corrected chi connectivity index (χ1v) is 10.9. The fraction of sp³-hybridized carbons (Fsp3) is 0.476. The molecule has 3 heterocycles. The number of hydrogen-bond donors (Lipinski definition) is 2. The highest BCUT2D eigenvalue weighted by Crippen LogP contribution is 2.29. The molecule has 1 unspecified atom stereocenters. The fourth-order valence-electron chi connectivity index (χ4n) is 3.70. The number of benzene rings is 1. The molecule has 0 spiro atoms. The van der Waals surface area contributed by atoms with Crippen molar-refractivity contribution in [3.63, 3.8) is 0 Å². The van der Waals surface area contributed by atoms with Gasteiger partial charge in [-0.3, -0.25) is 19.4 Å². The van der Waals surface area contributed by atoms with Gasteiger partial charge in [-0.15, -0.1) is 0 Å². The molecule has 0 saturated carbocycles. The zero-order valence-corrected chi connectivity index (χ0v) is 17.6. The van der Waals surface area contributed by atoms with Crippen LogP contribution in [0.15, 0.2) is 30.3 Å². The Kier molecular flexibility index (Phi) is 5.65. The van der Waals surface area contributed by atoms with Gasteiger partial charge in [-0.05, 0) is 44.7 Å². The Morgan fingerprint density at radius 2 is 2.03 bits per heavy atom. The summed E-state index contributed by atoms with van der Waals surface area (Å²) in [7, 11) is 0. The molecule has 154 valence electrons. The predicted molar refractivity (Wildman–Crippen MR) is 114 cm³/mol. The molecule has 2 saturated heterocycles. The summed E-state index contributed by atoms with van der Waals surface area (Å²) in [5, 5.41) is 6.07. The van der Waals surface area contributed by atoms with Crippen LogP contribution >= 0.6 is 11.9 Å². The second-order valence-corrected chi connectivity index (χ2v) is 9.04. The molecule has 0 bridgehead atoms. The van der Waals surface area contributed by atoms with Gasteiger partial charge in [0.15, 0.2) is 0 Å². The second kappa shape index (κ2) is 8.20. The van der Waals surface area contributed by atoms with Crippen molar-refractivity contribution in [2.45, 2.75) is 32.2 Å². The molecule has 2 fully saturated rings. The van der Waals surface area contributed by atoms with Gasteiger partial charge in [-0.1, -0.05) is 24.1 Å². The molecule has 3 amide bonds. The topological polar surface area (TPSA) is 83.6 Å². The average molecular weight is 415 g/mol. The first kappa shape index (κ1) is 20.0. The number of hydrogen-bond acceptors (Lipinski definition) is 6. The van der Waals surface area contributed by atoms with Gasteiger partial charge in [-0.2, -0.15) is 0 Å². The van der Waals surface area contributed by atoms with E-state index in [2.05, 4.69) is 26.0 Å². The maximum absolute atomic E-state index is 11.9. The zero-order chi connectivity index (χ0) is 20.4. The highest BCUT2D eigenvalue weighted by Gasteiger charge is 2.42. The molecule has 2 aromatic rings. The lowest BCUT2D eigenvalue weighted by Gasteiger charge is -2.32. The van der Waals surface area contributed by atoms with Crippen LogP contribution in [0, 0.1) is 12.8 Å². The molecule has 29 heavy (non-hydrogen) atoms. The lowest BCUT2D eigenvalue weighted by Crippen LogP contribution is -2.47. The summed E-state index contributed by atoms with van der Waals surface area (Å²) in [5.74, 6) is 1.69. The van der Waals surface area contributed by atoms with E-state index in [1.54, 1.807) is 18.9 Å². The molecular weight excluding hydrogens is 388 g/mol. The number of urea groups is 1. The maximum Gasteiger partial charge on any atom is 0.322 e. The molecule has 1 aromatic carbocycles. The number of nitrogens with zero attached hydrogens (tertiary/aromatic N) is 2. The number of nitrogens with one attached hydrogen (secondary N) is 2. The Morgan fingerprint density at radius 3 is 2.76 bits per heavy atom. The number of aryl methyl sites for hydroxylation is 1. The van der Waals surface area contributed by atoms with Crippen molar-refractivity contribution >= 4 is 34.8 Å². The summed E-state index contributed by atoms with van der Waals surface area (Å²) in [6.45, 7) is 6.34. The molecule has 8 heteroatoms. The number of amides is 3. The molecular formula is C21H26N4O3S. The Bertz CT molecular complexity index is 929. The normalized spacial score (nSPS) is 23.2. The average Bonchev–Trinajstić information content (AvgIpc) is 2.97. The SMILES string of the molecule is Cc1cc(OCC2CCN(SCC3(C)NC(=O)NC3=O)CC2)c2ccccc2n1. The molecule has 1 atom stereocenters. The number of piperidine rings is 1. The number of rotatable bonds is 6. The number of fused-ring (bicyclic) bond motifs is 1. The van der Waals surface area contributed by atoms with Crippen molar-refractivity contribution < 1.29 is 14.3 Å². The number of carbonyl (C=O) groups is 2. The first-order chi connectivity index (χ1) is 13.9. The number of pyridine rings is 1. The van der Waals surface area contributed by atoms with Crippen LogP contribution in [0.4, 0.5) is 4.79 Å². The van der Waals surface area contributed by atoms with Crippen LogP contribution in [0.3, 0.4) is 0 Å². The third-order valence-electron chi connectivity index (χ3n) is 5.51. The summed E-state index contributed by atoms with van der Waals surface area (Å²) in [6.07, 6.45) is 2.09. The number of aromatic nitrogens is 1. The van der Waals surface area contributed by atoms with Gasteiger partial charge in [0.05, 0.1) is 12.1 Å². The van der Waals surface area contributed by atoms with E-state index in [0.717, 1.165) is 48.3 Å². The third-order valence-corrected chi connectivity index (χ3v) is 6.94. The second-order valence-electron chi connectivity index (χ2n) is 7.98.